The van der Waals surface area contributed by atoms with Gasteiger partial charge in [-0.3, -0.25) is 20.2 Å². The summed E-state index contributed by atoms with van der Waals surface area (Å²) < 4.78 is 0. The summed E-state index contributed by atoms with van der Waals surface area (Å²) in [6.07, 6.45) is 0.288. The van der Waals surface area contributed by atoms with Gasteiger partial charge in [-0.25, -0.2) is 0 Å². The Labute approximate surface area is 82.6 Å². The van der Waals surface area contributed by atoms with Crippen LogP contribution < -0.4 is 0 Å². The fourth-order valence-electron chi connectivity index (χ4n) is 1.41. The van der Waals surface area contributed by atoms with Crippen LogP contribution in [0.3, 0.4) is 0 Å². The topological polar surface area (TPSA) is 86.3 Å². The summed E-state index contributed by atoms with van der Waals surface area (Å²) >= 11 is 0. The summed E-state index contributed by atoms with van der Waals surface area (Å²) in [4.78, 5) is 20.6. The van der Waals surface area contributed by atoms with Crippen LogP contribution in [0.15, 0.2) is 0 Å². The van der Waals surface area contributed by atoms with E-state index in [1.807, 2.05) is 0 Å². The van der Waals surface area contributed by atoms with Gasteiger partial charge in [0.15, 0.2) is 0 Å². The highest BCUT2D eigenvalue weighted by Gasteiger charge is 2.62. The van der Waals surface area contributed by atoms with Crippen LogP contribution in [0.2, 0.25) is 0 Å². The van der Waals surface area contributed by atoms with Gasteiger partial charge in [0.2, 0.25) is 0 Å². The highest BCUT2D eigenvalue weighted by Crippen LogP contribution is 2.34. The number of rotatable bonds is 5. The van der Waals surface area contributed by atoms with Gasteiger partial charge in [0.25, 0.3) is 11.1 Å². The first kappa shape index (κ1) is 12.8. The Morgan fingerprint density at radius 1 is 0.929 bits per heavy atom. The van der Waals surface area contributed by atoms with Crippen molar-refractivity contribution in [2.45, 2.75) is 51.6 Å². The van der Waals surface area contributed by atoms with Crippen molar-refractivity contribution in [3.8, 4) is 0 Å². The minimum Gasteiger partial charge on any atom is -0.264 e. The van der Waals surface area contributed by atoms with Gasteiger partial charge in [-0.15, -0.1) is 0 Å². The van der Waals surface area contributed by atoms with Crippen LogP contribution in [-0.2, 0) is 0 Å². The zero-order chi connectivity index (χ0) is 11.6. The van der Waals surface area contributed by atoms with E-state index < -0.39 is 20.9 Å². The summed E-state index contributed by atoms with van der Waals surface area (Å²) in [6, 6.07) is 0. The Hall–Kier alpha value is -1.20. The van der Waals surface area contributed by atoms with Crippen molar-refractivity contribution in [1.82, 2.24) is 0 Å². The van der Waals surface area contributed by atoms with E-state index in [9.17, 15) is 20.2 Å². The van der Waals surface area contributed by atoms with Crippen LogP contribution in [-0.4, -0.2) is 20.9 Å². The van der Waals surface area contributed by atoms with E-state index >= 15 is 0 Å². The first-order valence-electron chi connectivity index (χ1n) is 4.55. The molecule has 0 aromatic rings. The Morgan fingerprint density at radius 3 is 1.21 bits per heavy atom. The van der Waals surface area contributed by atoms with Crippen molar-refractivity contribution in [3.63, 3.8) is 0 Å². The molecule has 0 N–H and O–H groups in total. The summed E-state index contributed by atoms with van der Waals surface area (Å²) in [5, 5.41) is 21.7. The first-order valence-corrected chi connectivity index (χ1v) is 4.55. The average Bonchev–Trinajstić information content (AvgIpc) is 2.14. The van der Waals surface area contributed by atoms with Crippen molar-refractivity contribution in [2.75, 3.05) is 0 Å². The van der Waals surface area contributed by atoms with Crippen molar-refractivity contribution in [3.05, 3.63) is 20.2 Å². The standard InChI is InChI=1S/C8H16N2O4/c1-5-7(3,9(11)12)8(4,6-2)10(13)14/h5-6H2,1-4H3/t7-,8+. The lowest BCUT2D eigenvalue weighted by molar-refractivity contribution is -0.681. The van der Waals surface area contributed by atoms with Crippen LogP contribution in [0.4, 0.5) is 0 Å². The lowest BCUT2D eigenvalue weighted by Gasteiger charge is -2.30. The fourth-order valence-corrected chi connectivity index (χ4v) is 1.41. The Morgan fingerprint density at radius 2 is 1.14 bits per heavy atom. The third kappa shape index (κ3) is 1.56. The molecule has 0 unspecified atom stereocenters. The molecule has 0 bridgehead atoms. The van der Waals surface area contributed by atoms with Crippen molar-refractivity contribution in [2.24, 2.45) is 0 Å². The zero-order valence-corrected chi connectivity index (χ0v) is 8.94. The molecule has 82 valence electrons. The van der Waals surface area contributed by atoms with E-state index in [2.05, 4.69) is 0 Å². The maximum absolute atomic E-state index is 10.9. The van der Waals surface area contributed by atoms with Gasteiger partial charge in [0.05, 0.1) is 0 Å². The smallest absolute Gasteiger partial charge is 0.264 e. The molecule has 0 aliphatic carbocycles. The van der Waals surface area contributed by atoms with Crippen LogP contribution in [0.5, 0.6) is 0 Å². The molecular weight excluding hydrogens is 188 g/mol. The van der Waals surface area contributed by atoms with Gasteiger partial charge >= 0.3 is 0 Å². The lowest BCUT2D eigenvalue weighted by atomic mass is 9.76. The molecule has 0 heterocycles. The van der Waals surface area contributed by atoms with Gasteiger partial charge in [0.1, 0.15) is 0 Å². The van der Waals surface area contributed by atoms with Gasteiger partial charge in [-0.1, -0.05) is 13.8 Å². The number of nitrogens with zero attached hydrogens (tertiary/aromatic N) is 2. The summed E-state index contributed by atoms with van der Waals surface area (Å²) in [5.41, 5.74) is -3.02. The molecule has 0 radical (unpaired) electrons. The largest absolute Gasteiger partial charge is 0.287 e. The van der Waals surface area contributed by atoms with E-state index in [1.165, 1.54) is 13.8 Å². The molecule has 6 nitrogen and oxygen atoms in total. The van der Waals surface area contributed by atoms with Gasteiger partial charge < -0.3 is 0 Å². The summed E-state index contributed by atoms with van der Waals surface area (Å²) in [7, 11) is 0. The van der Waals surface area contributed by atoms with E-state index in [-0.39, 0.29) is 12.8 Å². The quantitative estimate of drug-likeness (QED) is 0.505. The molecule has 0 saturated carbocycles. The van der Waals surface area contributed by atoms with Crippen LogP contribution in [0.25, 0.3) is 0 Å². The highest BCUT2D eigenvalue weighted by atomic mass is 16.6. The second-order valence-electron chi connectivity index (χ2n) is 3.77. The van der Waals surface area contributed by atoms with Gasteiger partial charge in [-0.2, -0.15) is 0 Å². The molecule has 0 fully saturated rings. The third-order valence-electron chi connectivity index (χ3n) is 3.34. The normalized spacial score (nSPS) is 19.4. The number of hydrogen-bond acceptors (Lipinski definition) is 4. The monoisotopic (exact) mass is 204 g/mol. The van der Waals surface area contributed by atoms with Crippen molar-refractivity contribution in [1.29, 1.82) is 0 Å². The third-order valence-corrected chi connectivity index (χ3v) is 3.34. The Kier molecular flexibility index (Phi) is 3.56. The molecule has 0 aliphatic rings. The van der Waals surface area contributed by atoms with E-state index in [0.29, 0.717) is 0 Å². The van der Waals surface area contributed by atoms with Crippen LogP contribution >= 0.6 is 0 Å². The Balaban J connectivity index is 5.37. The zero-order valence-electron chi connectivity index (χ0n) is 8.94. The molecule has 2 atom stereocenters. The molecule has 0 aliphatic heterocycles. The molecule has 0 aromatic carbocycles. The van der Waals surface area contributed by atoms with E-state index in [1.54, 1.807) is 13.8 Å². The molecule has 6 heteroatoms. The maximum Gasteiger partial charge on any atom is 0.287 e. The van der Waals surface area contributed by atoms with Crippen LogP contribution in [0, 0.1) is 20.2 Å². The molecule has 0 spiro atoms. The summed E-state index contributed by atoms with van der Waals surface area (Å²) in [5.74, 6) is 0. The molecule has 0 aromatic heterocycles. The number of nitro groups is 2. The summed E-state index contributed by atoms with van der Waals surface area (Å²) in [6.45, 7) is 5.86. The predicted molar refractivity (Wildman–Crippen MR) is 51.4 cm³/mol. The molecular formula is C8H16N2O4. The molecule has 14 heavy (non-hydrogen) atoms. The minimum atomic E-state index is -1.51. The second-order valence-corrected chi connectivity index (χ2v) is 3.77. The number of hydrogen-bond donors (Lipinski definition) is 0. The van der Waals surface area contributed by atoms with Crippen LogP contribution in [0.1, 0.15) is 40.5 Å². The van der Waals surface area contributed by atoms with E-state index in [4.69, 9.17) is 0 Å². The predicted octanol–water partition coefficient (Wildman–Crippen LogP) is 1.88. The highest BCUT2D eigenvalue weighted by molar-refractivity contribution is 4.92. The van der Waals surface area contributed by atoms with Gasteiger partial charge in [-0.05, 0) is 0 Å². The maximum atomic E-state index is 10.9. The fraction of sp³-hybridized carbons (Fsp3) is 1.00. The molecule has 0 amide bonds. The average molecular weight is 204 g/mol. The molecule has 0 rings (SSSR count). The second kappa shape index (κ2) is 3.89. The van der Waals surface area contributed by atoms with E-state index in [0.717, 1.165) is 0 Å². The molecule has 0 saturated heterocycles. The minimum absolute atomic E-state index is 0.144. The van der Waals surface area contributed by atoms with Gasteiger partial charge in [0, 0.05) is 36.5 Å². The first-order chi connectivity index (χ1) is 6.26. The van der Waals surface area contributed by atoms with Crippen molar-refractivity contribution < 1.29 is 9.85 Å². The van der Waals surface area contributed by atoms with Crippen molar-refractivity contribution >= 4 is 0 Å². The Bertz CT molecular complexity index is 230. The SMILES string of the molecule is CC[C@@](C)([N+](=O)[O-])[C@](C)(CC)[N+](=O)[O-]. The lowest BCUT2D eigenvalue weighted by Crippen LogP contribution is -2.59.